The third kappa shape index (κ3) is 4.12. The molecule has 0 amide bonds. The highest BCUT2D eigenvalue weighted by molar-refractivity contribution is 7.87. The molecule has 2 N–H and O–H groups in total. The van der Waals surface area contributed by atoms with Crippen LogP contribution in [-0.2, 0) is 16.8 Å². The van der Waals surface area contributed by atoms with E-state index < -0.39 is 10.2 Å². The maximum absolute atomic E-state index is 11.6. The van der Waals surface area contributed by atoms with Crippen LogP contribution in [-0.4, -0.2) is 24.7 Å². The highest BCUT2D eigenvalue weighted by Gasteiger charge is 2.14. The first-order chi connectivity index (χ1) is 9.46. The molecule has 8 heteroatoms. The van der Waals surface area contributed by atoms with E-state index in [4.69, 9.17) is 4.42 Å². The summed E-state index contributed by atoms with van der Waals surface area (Å²) in [6, 6.07) is 9.08. The van der Waals surface area contributed by atoms with Crippen molar-refractivity contribution in [2.45, 2.75) is 26.4 Å². The van der Waals surface area contributed by atoms with Gasteiger partial charge in [0.15, 0.2) is 0 Å². The van der Waals surface area contributed by atoms with Gasteiger partial charge in [-0.25, -0.2) is 0 Å². The molecule has 0 spiro atoms. The number of hydrogen-bond acceptors (Lipinski definition) is 5. The fraction of sp³-hybridized carbons (Fsp3) is 0.333. The molecule has 0 aliphatic rings. The molecule has 0 unspecified atom stereocenters. The largest absolute Gasteiger partial charge is 0.419 e. The average molecular weight is 296 g/mol. The van der Waals surface area contributed by atoms with Crippen LogP contribution in [0.1, 0.15) is 19.7 Å². The van der Waals surface area contributed by atoms with Crippen LogP contribution >= 0.6 is 0 Å². The van der Waals surface area contributed by atoms with Gasteiger partial charge in [0, 0.05) is 11.6 Å². The molecule has 7 nitrogen and oxygen atoms in total. The Balaban J connectivity index is 2.01. The molecule has 0 atom stereocenters. The van der Waals surface area contributed by atoms with Gasteiger partial charge in [-0.1, -0.05) is 18.2 Å². The molecule has 0 radical (unpaired) electrons. The van der Waals surface area contributed by atoms with Gasteiger partial charge in [-0.2, -0.15) is 17.9 Å². The Morgan fingerprint density at radius 1 is 1.20 bits per heavy atom. The summed E-state index contributed by atoms with van der Waals surface area (Å²) in [6.07, 6.45) is 0. The van der Waals surface area contributed by atoms with Gasteiger partial charge >= 0.3 is 0 Å². The van der Waals surface area contributed by atoms with E-state index in [1.54, 1.807) is 13.8 Å². The molecule has 0 bridgehead atoms. The van der Waals surface area contributed by atoms with Gasteiger partial charge in [0.25, 0.3) is 10.2 Å². The summed E-state index contributed by atoms with van der Waals surface area (Å²) >= 11 is 0. The van der Waals surface area contributed by atoms with Crippen molar-refractivity contribution in [2.24, 2.45) is 0 Å². The second-order valence-corrected chi connectivity index (χ2v) is 6.00. The van der Waals surface area contributed by atoms with Crippen molar-refractivity contribution in [1.29, 1.82) is 0 Å². The molecule has 0 aliphatic heterocycles. The summed E-state index contributed by atoms with van der Waals surface area (Å²) in [6.45, 7) is 3.42. The lowest BCUT2D eigenvalue weighted by molar-refractivity contribution is 0.490. The topological polar surface area (TPSA) is 97.1 Å². The summed E-state index contributed by atoms with van der Waals surface area (Å²) in [7, 11) is -3.56. The van der Waals surface area contributed by atoms with Crippen LogP contribution in [0.2, 0.25) is 0 Å². The SMILES string of the molecule is CC(C)NS(=O)(=O)NCc1nnc(-c2ccccc2)o1. The minimum Gasteiger partial charge on any atom is -0.419 e. The molecular formula is C12H16N4O3S. The summed E-state index contributed by atoms with van der Waals surface area (Å²) < 4.78 is 33.3. The Morgan fingerprint density at radius 2 is 1.90 bits per heavy atom. The summed E-state index contributed by atoms with van der Waals surface area (Å²) in [5, 5.41) is 7.68. The quantitative estimate of drug-likeness (QED) is 0.831. The normalized spacial score (nSPS) is 11.9. The predicted octanol–water partition coefficient (Wildman–Crippen LogP) is 1.07. The van der Waals surface area contributed by atoms with Gasteiger partial charge in [-0.3, -0.25) is 0 Å². The van der Waals surface area contributed by atoms with Gasteiger partial charge in [0.1, 0.15) is 0 Å². The van der Waals surface area contributed by atoms with Crippen molar-refractivity contribution in [3.63, 3.8) is 0 Å². The highest BCUT2D eigenvalue weighted by Crippen LogP contribution is 2.16. The first-order valence-electron chi connectivity index (χ1n) is 6.11. The number of nitrogens with one attached hydrogen (secondary N) is 2. The minimum absolute atomic E-state index is 0.0537. The standard InChI is InChI=1S/C12H16N4O3S/c1-9(2)16-20(17,18)13-8-11-14-15-12(19-11)10-6-4-3-5-7-10/h3-7,9,13,16H,8H2,1-2H3. The molecule has 20 heavy (non-hydrogen) atoms. The van der Waals surface area contributed by atoms with E-state index in [1.165, 1.54) is 0 Å². The maximum atomic E-state index is 11.6. The van der Waals surface area contributed by atoms with Crippen molar-refractivity contribution in [1.82, 2.24) is 19.6 Å². The molecule has 2 rings (SSSR count). The van der Waals surface area contributed by atoms with Gasteiger partial charge in [-0.15, -0.1) is 10.2 Å². The number of benzene rings is 1. The minimum atomic E-state index is -3.56. The Morgan fingerprint density at radius 3 is 2.55 bits per heavy atom. The Kier molecular flexibility index (Phi) is 4.48. The first kappa shape index (κ1) is 14.6. The number of rotatable bonds is 6. The highest BCUT2D eigenvalue weighted by atomic mass is 32.2. The zero-order chi connectivity index (χ0) is 14.6. The molecule has 1 aromatic heterocycles. The molecular weight excluding hydrogens is 280 g/mol. The third-order valence-corrected chi connectivity index (χ3v) is 3.60. The summed E-state index contributed by atoms with van der Waals surface area (Å²) in [5.74, 6) is 0.564. The van der Waals surface area contributed by atoms with E-state index >= 15 is 0 Å². The monoisotopic (exact) mass is 296 g/mol. The van der Waals surface area contributed by atoms with Crippen LogP contribution in [0, 0.1) is 0 Å². The molecule has 0 saturated heterocycles. The van der Waals surface area contributed by atoms with Crippen LogP contribution in [0.5, 0.6) is 0 Å². The van der Waals surface area contributed by atoms with Crippen LogP contribution in [0.25, 0.3) is 11.5 Å². The van der Waals surface area contributed by atoms with Crippen molar-refractivity contribution < 1.29 is 12.8 Å². The molecule has 0 fully saturated rings. The van der Waals surface area contributed by atoms with Crippen molar-refractivity contribution >= 4 is 10.2 Å². The fourth-order valence-electron chi connectivity index (χ4n) is 1.53. The smallest absolute Gasteiger partial charge is 0.277 e. The van der Waals surface area contributed by atoms with Gasteiger partial charge in [0.2, 0.25) is 11.8 Å². The van der Waals surface area contributed by atoms with Gasteiger partial charge in [-0.05, 0) is 26.0 Å². The lowest BCUT2D eigenvalue weighted by Gasteiger charge is -2.08. The second kappa shape index (κ2) is 6.12. The lowest BCUT2D eigenvalue weighted by Crippen LogP contribution is -2.39. The van der Waals surface area contributed by atoms with Gasteiger partial charge < -0.3 is 4.42 Å². The number of aromatic nitrogens is 2. The Bertz CT molecular complexity index is 652. The van der Waals surface area contributed by atoms with E-state index in [9.17, 15) is 8.42 Å². The maximum Gasteiger partial charge on any atom is 0.277 e. The van der Waals surface area contributed by atoms with E-state index in [0.29, 0.717) is 5.89 Å². The Labute approximate surface area is 117 Å². The molecule has 1 heterocycles. The molecule has 108 valence electrons. The zero-order valence-electron chi connectivity index (χ0n) is 11.2. The van der Waals surface area contributed by atoms with Crippen molar-refractivity contribution in [2.75, 3.05) is 0 Å². The second-order valence-electron chi connectivity index (χ2n) is 4.46. The molecule has 0 saturated carbocycles. The lowest BCUT2D eigenvalue weighted by atomic mass is 10.2. The molecule has 0 aliphatic carbocycles. The van der Waals surface area contributed by atoms with E-state index in [-0.39, 0.29) is 18.5 Å². The number of nitrogens with zero attached hydrogens (tertiary/aromatic N) is 2. The van der Waals surface area contributed by atoms with Crippen LogP contribution in [0.3, 0.4) is 0 Å². The van der Waals surface area contributed by atoms with Crippen molar-refractivity contribution in [3.8, 4) is 11.5 Å². The van der Waals surface area contributed by atoms with Crippen molar-refractivity contribution in [3.05, 3.63) is 36.2 Å². The van der Waals surface area contributed by atoms with Crippen LogP contribution < -0.4 is 9.44 Å². The first-order valence-corrected chi connectivity index (χ1v) is 7.59. The molecule has 1 aromatic carbocycles. The van der Waals surface area contributed by atoms with Crippen LogP contribution in [0.15, 0.2) is 34.7 Å². The zero-order valence-corrected chi connectivity index (χ0v) is 12.0. The predicted molar refractivity (Wildman–Crippen MR) is 73.8 cm³/mol. The number of hydrogen-bond donors (Lipinski definition) is 2. The average Bonchev–Trinajstić information content (AvgIpc) is 2.85. The van der Waals surface area contributed by atoms with Gasteiger partial charge in [0.05, 0.1) is 6.54 Å². The van der Waals surface area contributed by atoms with Crippen LogP contribution in [0.4, 0.5) is 0 Å². The van der Waals surface area contributed by atoms with E-state index in [1.807, 2.05) is 30.3 Å². The van der Waals surface area contributed by atoms with E-state index in [2.05, 4.69) is 19.6 Å². The Hall–Kier alpha value is -1.77. The summed E-state index contributed by atoms with van der Waals surface area (Å²) in [4.78, 5) is 0. The third-order valence-electron chi connectivity index (χ3n) is 2.29. The summed E-state index contributed by atoms with van der Waals surface area (Å²) in [5.41, 5.74) is 0.786. The van der Waals surface area contributed by atoms with E-state index in [0.717, 1.165) is 5.56 Å². The fourth-order valence-corrected chi connectivity index (χ4v) is 2.55. The molecule has 2 aromatic rings.